The van der Waals surface area contributed by atoms with E-state index in [1.165, 1.54) is 6.07 Å². The van der Waals surface area contributed by atoms with Gasteiger partial charge < -0.3 is 4.90 Å². The molecule has 0 aromatic heterocycles. The minimum Gasteiger partial charge on any atom is -0.302 e. The molecule has 0 spiro atoms. The molecule has 0 saturated carbocycles. The summed E-state index contributed by atoms with van der Waals surface area (Å²) in [6, 6.07) is 8.34. The zero-order chi connectivity index (χ0) is 17.6. The normalized spacial score (nSPS) is 17.5. The fourth-order valence-electron chi connectivity index (χ4n) is 3.73. The van der Waals surface area contributed by atoms with Crippen molar-refractivity contribution in [2.24, 2.45) is 0 Å². The van der Waals surface area contributed by atoms with Crippen LogP contribution in [0, 0.1) is 10.1 Å². The lowest BCUT2D eigenvalue weighted by Crippen LogP contribution is -2.37. The van der Waals surface area contributed by atoms with Gasteiger partial charge in [-0.2, -0.15) is 0 Å². The second-order valence-corrected chi connectivity index (χ2v) is 6.43. The molecule has 2 heterocycles. The number of benzene rings is 2. The van der Waals surface area contributed by atoms with Crippen molar-refractivity contribution in [1.82, 2.24) is 9.80 Å². The van der Waals surface area contributed by atoms with E-state index in [1.807, 2.05) is 0 Å². The summed E-state index contributed by atoms with van der Waals surface area (Å²) in [5, 5.41) is 12.6. The molecule has 1 saturated heterocycles. The summed E-state index contributed by atoms with van der Waals surface area (Å²) in [7, 11) is 0. The average molecular weight is 339 g/mol. The summed E-state index contributed by atoms with van der Waals surface area (Å²) in [4.78, 5) is 39.9. The Balaban J connectivity index is 1.77. The third kappa shape index (κ3) is 2.47. The number of hydrogen-bond donors (Lipinski definition) is 0. The van der Waals surface area contributed by atoms with E-state index in [2.05, 4.69) is 4.90 Å². The molecule has 7 heteroatoms. The minimum atomic E-state index is -0.583. The van der Waals surface area contributed by atoms with Crippen LogP contribution in [0.25, 0.3) is 10.8 Å². The first-order valence-corrected chi connectivity index (χ1v) is 8.36. The van der Waals surface area contributed by atoms with Crippen LogP contribution in [0.2, 0.25) is 0 Å². The van der Waals surface area contributed by atoms with Gasteiger partial charge in [0.1, 0.15) is 5.56 Å². The first kappa shape index (κ1) is 15.7. The van der Waals surface area contributed by atoms with Gasteiger partial charge in [0.15, 0.2) is 0 Å². The molecule has 0 aliphatic carbocycles. The molecule has 128 valence electrons. The first-order valence-electron chi connectivity index (χ1n) is 8.36. The minimum absolute atomic E-state index is 0.0740. The van der Waals surface area contributed by atoms with Crippen LogP contribution in [0.15, 0.2) is 30.3 Å². The van der Waals surface area contributed by atoms with Crippen molar-refractivity contribution in [3.8, 4) is 0 Å². The Morgan fingerprint density at radius 1 is 1.00 bits per heavy atom. The lowest BCUT2D eigenvalue weighted by atomic mass is 9.99. The zero-order valence-corrected chi connectivity index (χ0v) is 13.6. The molecule has 2 aliphatic heterocycles. The van der Waals surface area contributed by atoms with Crippen molar-refractivity contribution in [1.29, 1.82) is 0 Å². The average Bonchev–Trinajstić information content (AvgIpc) is 3.20. The predicted molar refractivity (Wildman–Crippen MR) is 91.6 cm³/mol. The van der Waals surface area contributed by atoms with Crippen molar-refractivity contribution >= 4 is 28.3 Å². The number of carbonyl (C=O) groups excluding carboxylic acids is 2. The topological polar surface area (TPSA) is 83.8 Å². The second-order valence-electron chi connectivity index (χ2n) is 6.43. The van der Waals surface area contributed by atoms with E-state index in [0.717, 1.165) is 30.8 Å². The maximum absolute atomic E-state index is 12.9. The van der Waals surface area contributed by atoms with E-state index < -0.39 is 16.7 Å². The standard InChI is InChI=1S/C18H17N3O4/c22-17-15-13-6-2-1-5-12(13)11-14(21(24)25)16(15)18(23)20(17)10-9-19-7-3-4-8-19/h1-2,5-6,11H,3-4,7-10H2. The summed E-state index contributed by atoms with van der Waals surface area (Å²) >= 11 is 0. The smallest absolute Gasteiger partial charge is 0.283 e. The quantitative estimate of drug-likeness (QED) is 0.485. The highest BCUT2D eigenvalue weighted by Gasteiger charge is 2.42. The molecule has 7 nitrogen and oxygen atoms in total. The van der Waals surface area contributed by atoms with Crippen LogP contribution in [-0.4, -0.2) is 52.7 Å². The van der Waals surface area contributed by atoms with Crippen LogP contribution in [0.1, 0.15) is 33.6 Å². The molecule has 4 rings (SSSR count). The SMILES string of the molecule is O=C1c2c([N+](=O)[O-])cc3ccccc3c2C(=O)N1CCN1CCCC1. The van der Waals surface area contributed by atoms with E-state index in [9.17, 15) is 19.7 Å². The van der Waals surface area contributed by atoms with E-state index in [-0.39, 0.29) is 23.4 Å². The Kier molecular flexibility index (Phi) is 3.73. The van der Waals surface area contributed by atoms with Gasteiger partial charge in [-0.1, -0.05) is 24.3 Å². The van der Waals surface area contributed by atoms with Crippen LogP contribution < -0.4 is 0 Å². The maximum Gasteiger partial charge on any atom is 0.283 e. The summed E-state index contributed by atoms with van der Waals surface area (Å²) in [5.41, 5.74) is -0.206. The molecular formula is C18H17N3O4. The van der Waals surface area contributed by atoms with Gasteiger partial charge in [-0.05, 0) is 36.7 Å². The van der Waals surface area contributed by atoms with Crippen LogP contribution in [0.3, 0.4) is 0 Å². The Hall–Kier alpha value is -2.80. The third-order valence-corrected chi connectivity index (χ3v) is 4.98. The number of imide groups is 1. The summed E-state index contributed by atoms with van der Waals surface area (Å²) in [6.45, 7) is 2.80. The van der Waals surface area contributed by atoms with Gasteiger partial charge in [0.05, 0.1) is 10.5 Å². The maximum atomic E-state index is 12.9. The molecular weight excluding hydrogens is 322 g/mol. The second kappa shape index (κ2) is 5.93. The molecule has 0 bridgehead atoms. The fourth-order valence-corrected chi connectivity index (χ4v) is 3.73. The number of carbonyl (C=O) groups is 2. The number of nitro benzene ring substituents is 1. The molecule has 2 aromatic rings. The van der Waals surface area contributed by atoms with Gasteiger partial charge in [0, 0.05) is 19.2 Å². The molecule has 2 aromatic carbocycles. The van der Waals surface area contributed by atoms with Crippen LogP contribution in [-0.2, 0) is 0 Å². The van der Waals surface area contributed by atoms with Gasteiger partial charge >= 0.3 is 0 Å². The first-order chi connectivity index (χ1) is 12.1. The number of amides is 2. The van der Waals surface area contributed by atoms with E-state index >= 15 is 0 Å². The van der Waals surface area contributed by atoms with Crippen LogP contribution >= 0.6 is 0 Å². The predicted octanol–water partition coefficient (Wildman–Crippen LogP) is 2.44. The van der Waals surface area contributed by atoms with E-state index in [1.54, 1.807) is 24.3 Å². The zero-order valence-electron chi connectivity index (χ0n) is 13.6. The van der Waals surface area contributed by atoms with Gasteiger partial charge in [-0.3, -0.25) is 24.6 Å². The lowest BCUT2D eigenvalue weighted by Gasteiger charge is -2.19. The highest BCUT2D eigenvalue weighted by Crippen LogP contribution is 2.36. The van der Waals surface area contributed by atoms with Gasteiger partial charge in [-0.15, -0.1) is 0 Å². The number of hydrogen-bond acceptors (Lipinski definition) is 5. The lowest BCUT2D eigenvalue weighted by molar-refractivity contribution is -0.385. The Labute approximate surface area is 144 Å². The molecule has 0 radical (unpaired) electrons. The molecule has 0 unspecified atom stereocenters. The Bertz CT molecular complexity index is 903. The summed E-state index contributed by atoms with van der Waals surface area (Å²) < 4.78 is 0. The van der Waals surface area contributed by atoms with Gasteiger partial charge in [0.2, 0.25) is 0 Å². The summed E-state index contributed by atoms with van der Waals surface area (Å²) in [6.07, 6.45) is 2.25. The Morgan fingerprint density at radius 3 is 2.40 bits per heavy atom. The number of nitro groups is 1. The molecule has 1 fully saturated rings. The fraction of sp³-hybridized carbons (Fsp3) is 0.333. The van der Waals surface area contributed by atoms with E-state index in [0.29, 0.717) is 17.3 Å². The highest BCUT2D eigenvalue weighted by molar-refractivity contribution is 6.28. The molecule has 2 amide bonds. The molecule has 0 N–H and O–H groups in total. The molecule has 0 atom stereocenters. The summed E-state index contributed by atoms with van der Waals surface area (Å²) in [5.74, 6) is -0.990. The largest absolute Gasteiger partial charge is 0.302 e. The number of rotatable bonds is 4. The third-order valence-electron chi connectivity index (χ3n) is 4.98. The van der Waals surface area contributed by atoms with Crippen LogP contribution in [0.4, 0.5) is 5.69 Å². The van der Waals surface area contributed by atoms with E-state index in [4.69, 9.17) is 0 Å². The molecule has 25 heavy (non-hydrogen) atoms. The number of nitrogens with zero attached hydrogens (tertiary/aromatic N) is 3. The van der Waals surface area contributed by atoms with Crippen molar-refractivity contribution in [2.45, 2.75) is 12.8 Å². The monoisotopic (exact) mass is 339 g/mol. The molecule has 2 aliphatic rings. The van der Waals surface area contributed by atoms with Crippen molar-refractivity contribution in [3.05, 3.63) is 51.6 Å². The van der Waals surface area contributed by atoms with Gasteiger partial charge in [-0.25, -0.2) is 0 Å². The highest BCUT2D eigenvalue weighted by atomic mass is 16.6. The van der Waals surface area contributed by atoms with Crippen molar-refractivity contribution in [2.75, 3.05) is 26.2 Å². The Morgan fingerprint density at radius 2 is 1.68 bits per heavy atom. The van der Waals surface area contributed by atoms with Crippen molar-refractivity contribution in [3.63, 3.8) is 0 Å². The van der Waals surface area contributed by atoms with Gasteiger partial charge in [0.25, 0.3) is 17.5 Å². The van der Waals surface area contributed by atoms with Crippen LogP contribution in [0.5, 0.6) is 0 Å². The number of likely N-dealkylation sites (tertiary alicyclic amines) is 1. The van der Waals surface area contributed by atoms with Crippen molar-refractivity contribution < 1.29 is 14.5 Å². The number of fused-ring (bicyclic) bond motifs is 3.